The molecule has 1 unspecified atom stereocenters. The number of carboxylic acids is 1. The summed E-state index contributed by atoms with van der Waals surface area (Å²) in [6.45, 7) is 6.22. The second kappa shape index (κ2) is 6.69. The molecule has 1 heterocycles. The number of morpholine rings is 1. The third-order valence-electron chi connectivity index (χ3n) is 2.85. The van der Waals surface area contributed by atoms with E-state index in [1.54, 1.807) is 0 Å². The maximum atomic E-state index is 12.2. The van der Waals surface area contributed by atoms with E-state index in [9.17, 15) is 14.4 Å². The number of rotatable bonds is 4. The van der Waals surface area contributed by atoms with Crippen LogP contribution in [0.2, 0.25) is 0 Å². The zero-order chi connectivity index (χ0) is 15.3. The van der Waals surface area contributed by atoms with Gasteiger partial charge >= 0.3 is 5.97 Å². The summed E-state index contributed by atoms with van der Waals surface area (Å²) in [7, 11) is 0. The lowest BCUT2D eigenvalue weighted by atomic mass is 9.91. The Hall–Kier alpha value is -1.63. The summed E-state index contributed by atoms with van der Waals surface area (Å²) in [5, 5.41) is 10.8. The second-order valence-corrected chi connectivity index (χ2v) is 6.03. The largest absolute Gasteiger partial charge is 0.480 e. The molecule has 2 amide bonds. The number of ether oxygens (including phenoxy) is 1. The van der Waals surface area contributed by atoms with Crippen LogP contribution in [0.3, 0.4) is 0 Å². The lowest BCUT2D eigenvalue weighted by molar-refractivity contribution is -0.150. The van der Waals surface area contributed by atoms with E-state index < -0.39 is 24.5 Å². The van der Waals surface area contributed by atoms with Gasteiger partial charge in [-0.3, -0.25) is 14.4 Å². The Labute approximate surface area is 118 Å². The smallest absolute Gasteiger partial charge is 0.322 e. The molecule has 0 aromatic heterocycles. The minimum Gasteiger partial charge on any atom is -0.480 e. The van der Waals surface area contributed by atoms with E-state index in [4.69, 9.17) is 9.84 Å². The van der Waals surface area contributed by atoms with Crippen molar-refractivity contribution in [3.8, 4) is 0 Å². The molecule has 7 heteroatoms. The third-order valence-corrected chi connectivity index (χ3v) is 2.85. The van der Waals surface area contributed by atoms with Gasteiger partial charge < -0.3 is 20.1 Å². The van der Waals surface area contributed by atoms with E-state index in [0.29, 0.717) is 19.6 Å². The molecule has 7 nitrogen and oxygen atoms in total. The van der Waals surface area contributed by atoms with Gasteiger partial charge in [0.2, 0.25) is 11.8 Å². The maximum Gasteiger partial charge on any atom is 0.322 e. The predicted molar refractivity (Wildman–Crippen MR) is 71.0 cm³/mol. The Kier molecular flexibility index (Phi) is 5.50. The highest BCUT2D eigenvalue weighted by molar-refractivity contribution is 5.89. The molecule has 0 saturated carbocycles. The fourth-order valence-corrected chi connectivity index (χ4v) is 1.96. The second-order valence-electron chi connectivity index (χ2n) is 6.03. The van der Waals surface area contributed by atoms with E-state index >= 15 is 0 Å². The van der Waals surface area contributed by atoms with E-state index in [2.05, 4.69) is 5.32 Å². The quantitative estimate of drug-likeness (QED) is 0.749. The minimum atomic E-state index is -1.12. The minimum absolute atomic E-state index is 0.0985. The molecule has 0 bridgehead atoms. The molecule has 2 N–H and O–H groups in total. The van der Waals surface area contributed by atoms with Crippen LogP contribution in [-0.4, -0.2) is 60.1 Å². The third kappa shape index (κ3) is 5.16. The molecular formula is C13H22N2O5. The zero-order valence-corrected chi connectivity index (χ0v) is 12.1. The van der Waals surface area contributed by atoms with Crippen molar-refractivity contribution in [2.75, 3.05) is 26.3 Å². The first-order chi connectivity index (χ1) is 9.20. The van der Waals surface area contributed by atoms with Crippen molar-refractivity contribution in [1.82, 2.24) is 10.2 Å². The molecule has 0 radical (unpaired) electrons. The van der Waals surface area contributed by atoms with Crippen LogP contribution in [0.15, 0.2) is 0 Å². The molecule has 1 atom stereocenters. The molecule has 114 valence electrons. The summed E-state index contributed by atoms with van der Waals surface area (Å²) < 4.78 is 5.22. The Balaban J connectivity index is 2.68. The van der Waals surface area contributed by atoms with Crippen molar-refractivity contribution in [2.24, 2.45) is 5.41 Å². The van der Waals surface area contributed by atoms with Gasteiger partial charge in [-0.25, -0.2) is 0 Å². The standard InChI is InChI=1S/C13H22N2O5/c1-13(2,3)6-10(16)15-4-5-20-8-9(15)12(19)14-7-11(17)18/h9H,4-8H2,1-3H3,(H,14,19)(H,17,18). The normalized spacial score (nSPS) is 19.6. The molecule has 0 spiro atoms. The molecule has 0 aromatic carbocycles. The zero-order valence-electron chi connectivity index (χ0n) is 12.1. The first kappa shape index (κ1) is 16.4. The monoisotopic (exact) mass is 286 g/mol. The molecule has 1 aliphatic rings. The Morgan fingerprint density at radius 1 is 1.35 bits per heavy atom. The van der Waals surface area contributed by atoms with Gasteiger partial charge in [0.15, 0.2) is 0 Å². The fourth-order valence-electron chi connectivity index (χ4n) is 1.96. The molecule has 1 saturated heterocycles. The molecule has 20 heavy (non-hydrogen) atoms. The molecular weight excluding hydrogens is 264 g/mol. The molecule has 0 aliphatic carbocycles. The van der Waals surface area contributed by atoms with Gasteiger partial charge in [-0.2, -0.15) is 0 Å². The Bertz CT molecular complexity index is 389. The first-order valence-electron chi connectivity index (χ1n) is 6.57. The topological polar surface area (TPSA) is 95.9 Å². The lowest BCUT2D eigenvalue weighted by Gasteiger charge is -2.36. The van der Waals surface area contributed by atoms with Crippen LogP contribution in [0.25, 0.3) is 0 Å². The summed E-state index contributed by atoms with van der Waals surface area (Å²) >= 11 is 0. The summed E-state index contributed by atoms with van der Waals surface area (Å²) in [5.41, 5.74) is -0.169. The van der Waals surface area contributed by atoms with E-state index in [1.165, 1.54) is 4.90 Å². The molecule has 1 rings (SSSR count). The number of carboxylic acid groups (broad SMARTS) is 1. The first-order valence-corrected chi connectivity index (χ1v) is 6.57. The number of hydrogen-bond donors (Lipinski definition) is 2. The van der Waals surface area contributed by atoms with Crippen molar-refractivity contribution in [3.05, 3.63) is 0 Å². The van der Waals surface area contributed by atoms with Crippen LogP contribution >= 0.6 is 0 Å². The SMILES string of the molecule is CC(C)(C)CC(=O)N1CCOCC1C(=O)NCC(=O)O. The average Bonchev–Trinajstić information content (AvgIpc) is 2.33. The average molecular weight is 286 g/mol. The van der Waals surface area contributed by atoms with E-state index in [0.717, 1.165) is 0 Å². The number of nitrogens with one attached hydrogen (secondary N) is 1. The van der Waals surface area contributed by atoms with Crippen LogP contribution in [0.1, 0.15) is 27.2 Å². The molecule has 1 fully saturated rings. The van der Waals surface area contributed by atoms with Gasteiger partial charge in [0.25, 0.3) is 0 Å². The van der Waals surface area contributed by atoms with Crippen LogP contribution in [0.5, 0.6) is 0 Å². The van der Waals surface area contributed by atoms with Gasteiger partial charge in [-0.15, -0.1) is 0 Å². The highest BCUT2D eigenvalue weighted by Gasteiger charge is 2.34. The number of carbonyl (C=O) groups is 3. The lowest BCUT2D eigenvalue weighted by Crippen LogP contribution is -2.56. The van der Waals surface area contributed by atoms with Gasteiger partial charge in [0.1, 0.15) is 12.6 Å². The van der Waals surface area contributed by atoms with Gasteiger partial charge in [-0.05, 0) is 5.41 Å². The van der Waals surface area contributed by atoms with Crippen LogP contribution in [0, 0.1) is 5.41 Å². The van der Waals surface area contributed by atoms with Gasteiger partial charge in [0, 0.05) is 13.0 Å². The number of hydrogen-bond acceptors (Lipinski definition) is 4. The summed E-state index contributed by atoms with van der Waals surface area (Å²) in [5.74, 6) is -1.73. The van der Waals surface area contributed by atoms with Crippen molar-refractivity contribution in [2.45, 2.75) is 33.2 Å². The number of carbonyl (C=O) groups excluding carboxylic acids is 2. The number of nitrogens with zero attached hydrogens (tertiary/aromatic N) is 1. The van der Waals surface area contributed by atoms with Crippen LogP contribution < -0.4 is 5.32 Å². The van der Waals surface area contributed by atoms with Crippen LogP contribution in [-0.2, 0) is 19.1 Å². The van der Waals surface area contributed by atoms with Gasteiger partial charge in [0.05, 0.1) is 13.2 Å². The number of aliphatic carboxylic acids is 1. The van der Waals surface area contributed by atoms with Crippen LogP contribution in [0.4, 0.5) is 0 Å². The van der Waals surface area contributed by atoms with Crippen molar-refractivity contribution >= 4 is 17.8 Å². The highest BCUT2D eigenvalue weighted by atomic mass is 16.5. The fraction of sp³-hybridized carbons (Fsp3) is 0.769. The van der Waals surface area contributed by atoms with E-state index in [1.807, 2.05) is 20.8 Å². The van der Waals surface area contributed by atoms with Crippen molar-refractivity contribution in [3.63, 3.8) is 0 Å². The Morgan fingerprint density at radius 2 is 2.00 bits per heavy atom. The van der Waals surface area contributed by atoms with E-state index in [-0.39, 0.29) is 17.9 Å². The Morgan fingerprint density at radius 3 is 2.55 bits per heavy atom. The molecule has 0 aromatic rings. The summed E-state index contributed by atoms with van der Waals surface area (Å²) in [6, 6.07) is -0.752. The van der Waals surface area contributed by atoms with Gasteiger partial charge in [-0.1, -0.05) is 20.8 Å². The molecule has 1 aliphatic heterocycles. The highest BCUT2D eigenvalue weighted by Crippen LogP contribution is 2.21. The summed E-state index contributed by atoms with van der Waals surface area (Å²) in [6.07, 6.45) is 0.329. The van der Waals surface area contributed by atoms with Crippen molar-refractivity contribution < 1.29 is 24.2 Å². The summed E-state index contributed by atoms with van der Waals surface area (Å²) in [4.78, 5) is 36.1. The predicted octanol–water partition coefficient (Wildman–Crippen LogP) is -0.149. The number of amides is 2. The maximum absolute atomic E-state index is 12.2. The van der Waals surface area contributed by atoms with Crippen molar-refractivity contribution in [1.29, 1.82) is 0 Å².